The molecule has 0 N–H and O–H groups in total. The van der Waals surface area contributed by atoms with E-state index in [1.54, 1.807) is 55.9 Å². The molecule has 0 spiro atoms. The van der Waals surface area contributed by atoms with E-state index in [1.807, 2.05) is 4.90 Å². The Labute approximate surface area is 160 Å². The molecule has 7 nitrogen and oxygen atoms in total. The number of pyridine rings is 1. The van der Waals surface area contributed by atoms with E-state index in [4.69, 9.17) is 0 Å². The first-order valence-electron chi connectivity index (χ1n) is 8.70. The van der Waals surface area contributed by atoms with Crippen molar-refractivity contribution < 1.29 is 9.59 Å². The molecular weight excluding hydrogens is 362 g/mol. The van der Waals surface area contributed by atoms with E-state index in [9.17, 15) is 9.59 Å². The zero-order chi connectivity index (χ0) is 19.0. The van der Waals surface area contributed by atoms with Crippen LogP contribution in [0.3, 0.4) is 0 Å². The van der Waals surface area contributed by atoms with Crippen LogP contribution in [0.15, 0.2) is 36.9 Å². The zero-order valence-corrected chi connectivity index (χ0v) is 15.9. The van der Waals surface area contributed by atoms with Gasteiger partial charge in [0.25, 0.3) is 11.8 Å². The Balaban J connectivity index is 1.68. The summed E-state index contributed by atoms with van der Waals surface area (Å²) in [5, 5.41) is 0. The standard InChI is InChI=1S/C19H19N5O2S/c1-23(2)19(26)16-14(15-17(27-16)22-9-8-21-15)13-5-10-24(11-13)18(25)12-3-6-20-7-4-12/h3-4,6-9,13H,5,10-11H2,1-2H3/t13-/m0/s1. The quantitative estimate of drug-likeness (QED) is 0.696. The maximum absolute atomic E-state index is 12.8. The summed E-state index contributed by atoms with van der Waals surface area (Å²) in [6, 6.07) is 3.45. The number of rotatable bonds is 3. The summed E-state index contributed by atoms with van der Waals surface area (Å²) in [6.45, 7) is 1.22. The Kier molecular flexibility index (Phi) is 4.57. The maximum atomic E-state index is 12.8. The first-order valence-corrected chi connectivity index (χ1v) is 9.52. The molecule has 1 atom stereocenters. The summed E-state index contributed by atoms with van der Waals surface area (Å²) >= 11 is 1.38. The molecule has 2 amide bonds. The van der Waals surface area contributed by atoms with E-state index in [0.717, 1.165) is 22.3 Å². The van der Waals surface area contributed by atoms with Gasteiger partial charge in [-0.1, -0.05) is 0 Å². The van der Waals surface area contributed by atoms with Crippen LogP contribution in [0.5, 0.6) is 0 Å². The highest BCUT2D eigenvalue weighted by molar-refractivity contribution is 7.20. The fourth-order valence-electron chi connectivity index (χ4n) is 3.44. The average Bonchev–Trinajstić information content (AvgIpc) is 3.31. The first kappa shape index (κ1) is 17.5. The predicted molar refractivity (Wildman–Crippen MR) is 103 cm³/mol. The van der Waals surface area contributed by atoms with Crippen molar-refractivity contribution in [2.24, 2.45) is 0 Å². The molecule has 1 aliphatic heterocycles. The monoisotopic (exact) mass is 381 g/mol. The molecule has 4 heterocycles. The van der Waals surface area contributed by atoms with Crippen molar-refractivity contribution >= 4 is 33.5 Å². The van der Waals surface area contributed by atoms with Crippen LogP contribution in [0.25, 0.3) is 10.3 Å². The van der Waals surface area contributed by atoms with Gasteiger partial charge in [0.2, 0.25) is 0 Å². The van der Waals surface area contributed by atoms with Gasteiger partial charge in [-0.25, -0.2) is 4.98 Å². The summed E-state index contributed by atoms with van der Waals surface area (Å²) in [7, 11) is 3.48. The predicted octanol–water partition coefficient (Wildman–Crippen LogP) is 2.42. The van der Waals surface area contributed by atoms with E-state index in [1.165, 1.54) is 11.3 Å². The highest BCUT2D eigenvalue weighted by Gasteiger charge is 2.34. The second-order valence-corrected chi connectivity index (χ2v) is 7.73. The lowest BCUT2D eigenvalue weighted by Crippen LogP contribution is -2.28. The second kappa shape index (κ2) is 7.03. The summed E-state index contributed by atoms with van der Waals surface area (Å²) in [6.07, 6.45) is 7.33. The Hall–Kier alpha value is -2.87. The van der Waals surface area contributed by atoms with Gasteiger partial charge in [-0.15, -0.1) is 11.3 Å². The molecular formula is C19H19N5O2S. The Morgan fingerprint density at radius 2 is 1.89 bits per heavy atom. The van der Waals surface area contributed by atoms with Gasteiger partial charge in [-0.3, -0.25) is 19.6 Å². The van der Waals surface area contributed by atoms with Gasteiger partial charge in [-0.2, -0.15) is 0 Å². The van der Waals surface area contributed by atoms with Gasteiger partial charge in [0.1, 0.15) is 10.3 Å². The van der Waals surface area contributed by atoms with Gasteiger partial charge in [0, 0.05) is 69.0 Å². The van der Waals surface area contributed by atoms with Crippen molar-refractivity contribution in [3.05, 3.63) is 52.9 Å². The van der Waals surface area contributed by atoms with Crippen LogP contribution in [0.1, 0.15) is 37.9 Å². The minimum absolute atomic E-state index is 0.00833. The smallest absolute Gasteiger partial charge is 0.263 e. The van der Waals surface area contributed by atoms with Gasteiger partial charge in [0.15, 0.2) is 0 Å². The fraction of sp³-hybridized carbons (Fsp3) is 0.316. The molecule has 138 valence electrons. The molecule has 0 bridgehead atoms. The minimum Gasteiger partial charge on any atom is -0.344 e. The molecule has 0 aromatic carbocycles. The topological polar surface area (TPSA) is 79.3 Å². The minimum atomic E-state index is -0.0475. The number of aromatic nitrogens is 3. The zero-order valence-electron chi connectivity index (χ0n) is 15.1. The third-order valence-corrected chi connectivity index (χ3v) is 5.87. The lowest BCUT2D eigenvalue weighted by Gasteiger charge is -2.17. The number of hydrogen-bond acceptors (Lipinski definition) is 6. The molecule has 4 rings (SSSR count). The van der Waals surface area contributed by atoms with E-state index in [0.29, 0.717) is 23.5 Å². The number of carbonyl (C=O) groups is 2. The number of carbonyl (C=O) groups excluding carboxylic acids is 2. The summed E-state index contributed by atoms with van der Waals surface area (Å²) in [5.74, 6) is 0.0138. The van der Waals surface area contributed by atoms with Crippen molar-refractivity contribution in [1.29, 1.82) is 0 Å². The van der Waals surface area contributed by atoms with Gasteiger partial charge in [0.05, 0.1) is 4.88 Å². The van der Waals surface area contributed by atoms with Crippen LogP contribution in [0, 0.1) is 0 Å². The summed E-state index contributed by atoms with van der Waals surface area (Å²) in [5.41, 5.74) is 2.33. The number of likely N-dealkylation sites (tertiary alicyclic amines) is 1. The molecule has 0 radical (unpaired) electrons. The molecule has 8 heteroatoms. The van der Waals surface area contributed by atoms with Crippen LogP contribution in [-0.4, -0.2) is 63.8 Å². The van der Waals surface area contributed by atoms with E-state index in [2.05, 4.69) is 15.0 Å². The molecule has 27 heavy (non-hydrogen) atoms. The molecule has 1 fully saturated rings. The third kappa shape index (κ3) is 3.16. The van der Waals surface area contributed by atoms with Gasteiger partial charge in [-0.05, 0) is 18.6 Å². The van der Waals surface area contributed by atoms with E-state index >= 15 is 0 Å². The van der Waals surface area contributed by atoms with Crippen molar-refractivity contribution in [3.63, 3.8) is 0 Å². The maximum Gasteiger partial charge on any atom is 0.263 e. The lowest BCUT2D eigenvalue weighted by molar-refractivity contribution is 0.0790. The average molecular weight is 381 g/mol. The Morgan fingerprint density at radius 1 is 1.15 bits per heavy atom. The van der Waals surface area contributed by atoms with Crippen molar-refractivity contribution in [3.8, 4) is 0 Å². The normalized spacial score (nSPS) is 16.7. The molecule has 0 aliphatic carbocycles. The van der Waals surface area contributed by atoms with Crippen LogP contribution in [0.4, 0.5) is 0 Å². The molecule has 0 unspecified atom stereocenters. The molecule has 3 aromatic rings. The van der Waals surface area contributed by atoms with E-state index in [-0.39, 0.29) is 17.7 Å². The van der Waals surface area contributed by atoms with Crippen molar-refractivity contribution in [2.45, 2.75) is 12.3 Å². The fourth-order valence-corrected chi connectivity index (χ4v) is 4.65. The van der Waals surface area contributed by atoms with Crippen molar-refractivity contribution in [1.82, 2.24) is 24.8 Å². The molecule has 0 saturated carbocycles. The number of amides is 2. The van der Waals surface area contributed by atoms with Gasteiger partial charge < -0.3 is 9.80 Å². The van der Waals surface area contributed by atoms with Crippen molar-refractivity contribution in [2.75, 3.05) is 27.2 Å². The van der Waals surface area contributed by atoms with Crippen LogP contribution >= 0.6 is 11.3 Å². The summed E-state index contributed by atoms with van der Waals surface area (Å²) < 4.78 is 0. The van der Waals surface area contributed by atoms with E-state index < -0.39 is 0 Å². The highest BCUT2D eigenvalue weighted by atomic mass is 32.1. The SMILES string of the molecule is CN(C)C(=O)c1sc2nccnc2c1[C@H]1CCN(C(=O)c2ccncc2)C1. The number of hydrogen-bond donors (Lipinski definition) is 0. The van der Waals surface area contributed by atoms with Crippen LogP contribution < -0.4 is 0 Å². The molecule has 3 aromatic heterocycles. The first-order chi connectivity index (χ1) is 13.1. The van der Waals surface area contributed by atoms with Gasteiger partial charge >= 0.3 is 0 Å². The number of thiophene rings is 1. The van der Waals surface area contributed by atoms with Crippen LogP contribution in [-0.2, 0) is 0 Å². The summed E-state index contributed by atoms with van der Waals surface area (Å²) in [4.78, 5) is 43.1. The molecule has 1 saturated heterocycles. The Bertz CT molecular complexity index is 1000. The second-order valence-electron chi connectivity index (χ2n) is 6.73. The highest BCUT2D eigenvalue weighted by Crippen LogP contribution is 2.39. The largest absolute Gasteiger partial charge is 0.344 e. The molecule has 1 aliphatic rings. The third-order valence-electron chi connectivity index (χ3n) is 4.77. The Morgan fingerprint density at radius 3 is 2.63 bits per heavy atom. The van der Waals surface area contributed by atoms with Crippen LogP contribution in [0.2, 0.25) is 0 Å². The number of fused-ring (bicyclic) bond motifs is 1. The number of nitrogens with zero attached hydrogens (tertiary/aromatic N) is 5. The lowest BCUT2D eigenvalue weighted by atomic mass is 9.97.